The highest BCUT2D eigenvalue weighted by atomic mass is 32.2. The molecule has 0 amide bonds. The molecule has 0 aromatic heterocycles. The van der Waals surface area contributed by atoms with Crippen LogP contribution in [0.3, 0.4) is 0 Å². The summed E-state index contributed by atoms with van der Waals surface area (Å²) >= 11 is 0. The molecule has 0 unspecified atom stereocenters. The Hall–Kier alpha value is -0.680. The minimum atomic E-state index is -3.39. The summed E-state index contributed by atoms with van der Waals surface area (Å²) in [5, 5.41) is 0.884. The van der Waals surface area contributed by atoms with Gasteiger partial charge in [0.2, 0.25) is 10.0 Å². The van der Waals surface area contributed by atoms with Gasteiger partial charge in [0.1, 0.15) is 6.29 Å². The second-order valence-corrected chi connectivity index (χ2v) is 4.50. The van der Waals surface area contributed by atoms with Gasteiger partial charge in [-0.15, -0.1) is 0 Å². The van der Waals surface area contributed by atoms with E-state index in [4.69, 9.17) is 0 Å². The lowest BCUT2D eigenvalue weighted by molar-refractivity contribution is -0.110. The molecule has 12 heavy (non-hydrogen) atoms. The molecule has 4 nitrogen and oxygen atoms in total. The van der Waals surface area contributed by atoms with Crippen LogP contribution in [0.25, 0.3) is 0 Å². The van der Waals surface area contributed by atoms with Crippen molar-refractivity contribution in [2.24, 2.45) is 0 Å². The monoisotopic (exact) mass is 189 g/mol. The van der Waals surface area contributed by atoms with E-state index in [0.29, 0.717) is 19.3 Å². The molecule has 1 aliphatic rings. The zero-order valence-corrected chi connectivity index (χ0v) is 7.46. The number of nitrogens with zero attached hydrogens (tertiary/aromatic N) is 1. The molecule has 1 saturated heterocycles. The van der Waals surface area contributed by atoms with Crippen molar-refractivity contribution in [3.63, 3.8) is 0 Å². The van der Waals surface area contributed by atoms with Gasteiger partial charge in [0.25, 0.3) is 0 Å². The van der Waals surface area contributed by atoms with Gasteiger partial charge in [-0.2, -0.15) is 4.31 Å². The summed E-state index contributed by atoms with van der Waals surface area (Å²) in [6.07, 6.45) is 2.04. The maximum absolute atomic E-state index is 11.2. The van der Waals surface area contributed by atoms with Gasteiger partial charge in [0, 0.05) is 12.0 Å². The van der Waals surface area contributed by atoms with E-state index in [-0.39, 0.29) is 0 Å². The predicted molar refractivity (Wildman–Crippen MR) is 44.9 cm³/mol. The molecule has 0 aromatic rings. The molecule has 0 radical (unpaired) electrons. The van der Waals surface area contributed by atoms with Crippen LogP contribution in [0.4, 0.5) is 0 Å². The van der Waals surface area contributed by atoms with Crippen molar-refractivity contribution in [2.75, 3.05) is 6.54 Å². The van der Waals surface area contributed by atoms with E-state index in [1.165, 1.54) is 4.31 Å². The van der Waals surface area contributed by atoms with Gasteiger partial charge in [0.05, 0.1) is 6.04 Å². The lowest BCUT2D eigenvalue weighted by Crippen LogP contribution is -2.34. The molecule has 0 aliphatic carbocycles. The quantitative estimate of drug-likeness (QED) is 0.593. The maximum Gasteiger partial charge on any atom is 0.236 e. The molecule has 0 bridgehead atoms. The van der Waals surface area contributed by atoms with Crippen molar-refractivity contribution in [3.8, 4) is 0 Å². The van der Waals surface area contributed by atoms with E-state index in [0.717, 1.165) is 11.8 Å². The molecule has 5 heteroatoms. The van der Waals surface area contributed by atoms with Gasteiger partial charge in [0.15, 0.2) is 0 Å². The number of sulfonamides is 1. The highest BCUT2D eigenvalue weighted by Crippen LogP contribution is 2.19. The fraction of sp³-hybridized carbons (Fsp3) is 0.571. The lowest BCUT2D eigenvalue weighted by atomic mass is 10.2. The van der Waals surface area contributed by atoms with Crippen LogP contribution in [0, 0.1) is 0 Å². The van der Waals surface area contributed by atoms with Crippen molar-refractivity contribution < 1.29 is 13.2 Å². The first kappa shape index (κ1) is 9.41. The van der Waals surface area contributed by atoms with E-state index in [1.54, 1.807) is 0 Å². The van der Waals surface area contributed by atoms with Crippen LogP contribution in [0.15, 0.2) is 12.0 Å². The first-order valence-corrected chi connectivity index (χ1v) is 5.21. The number of aldehydes is 1. The Morgan fingerprint density at radius 2 is 2.17 bits per heavy atom. The Kier molecular flexibility index (Phi) is 2.64. The second kappa shape index (κ2) is 3.37. The zero-order chi connectivity index (χ0) is 9.19. The predicted octanol–water partition coefficient (Wildman–Crippen LogP) is 0.123. The topological polar surface area (TPSA) is 54.5 Å². The Balaban J connectivity index is 2.88. The van der Waals surface area contributed by atoms with Crippen LogP contribution in [0.5, 0.6) is 0 Å². The summed E-state index contributed by atoms with van der Waals surface area (Å²) in [5.41, 5.74) is 0. The molecule has 0 saturated carbocycles. The summed E-state index contributed by atoms with van der Waals surface area (Å²) in [7, 11) is -3.39. The fourth-order valence-electron chi connectivity index (χ4n) is 1.31. The van der Waals surface area contributed by atoms with Gasteiger partial charge in [-0.3, -0.25) is 0 Å². The number of hydrogen-bond acceptors (Lipinski definition) is 3. The summed E-state index contributed by atoms with van der Waals surface area (Å²) in [6.45, 7) is 3.63. The number of carbonyl (C=O) groups excluding carboxylic acids is 1. The third-order valence-electron chi connectivity index (χ3n) is 1.94. The first-order valence-electron chi connectivity index (χ1n) is 3.71. The average Bonchev–Trinajstić information content (AvgIpc) is 2.52. The first-order chi connectivity index (χ1) is 5.61. The van der Waals surface area contributed by atoms with Crippen molar-refractivity contribution in [2.45, 2.75) is 18.9 Å². The van der Waals surface area contributed by atoms with Crippen LogP contribution < -0.4 is 0 Å². The van der Waals surface area contributed by atoms with Gasteiger partial charge >= 0.3 is 0 Å². The van der Waals surface area contributed by atoms with Crippen molar-refractivity contribution >= 4 is 16.3 Å². The normalized spacial score (nSPS) is 25.5. The van der Waals surface area contributed by atoms with Gasteiger partial charge in [-0.25, -0.2) is 8.42 Å². The summed E-state index contributed by atoms with van der Waals surface area (Å²) in [5.74, 6) is 0. The molecule has 1 atom stereocenters. The SMILES string of the molecule is C=CS(=O)(=O)N1CCC[C@H]1C=O. The van der Waals surface area contributed by atoms with E-state index in [9.17, 15) is 13.2 Å². The second-order valence-electron chi connectivity index (χ2n) is 2.67. The molecule has 0 N–H and O–H groups in total. The average molecular weight is 189 g/mol. The van der Waals surface area contributed by atoms with E-state index >= 15 is 0 Å². The summed E-state index contributed by atoms with van der Waals surface area (Å²) in [6, 6.07) is -0.479. The van der Waals surface area contributed by atoms with Gasteiger partial charge in [-0.05, 0) is 12.8 Å². The third-order valence-corrected chi connectivity index (χ3v) is 3.47. The largest absolute Gasteiger partial charge is 0.302 e. The maximum atomic E-state index is 11.2. The van der Waals surface area contributed by atoms with Gasteiger partial charge < -0.3 is 4.79 Å². The van der Waals surface area contributed by atoms with Crippen molar-refractivity contribution in [3.05, 3.63) is 12.0 Å². The molecule has 1 aliphatic heterocycles. The van der Waals surface area contributed by atoms with Crippen LogP contribution in [0.2, 0.25) is 0 Å². The van der Waals surface area contributed by atoms with E-state index in [2.05, 4.69) is 6.58 Å². The van der Waals surface area contributed by atoms with E-state index in [1.807, 2.05) is 0 Å². The molecule has 0 aromatic carbocycles. The molecule has 68 valence electrons. The molecular formula is C7H11NO3S. The van der Waals surface area contributed by atoms with Crippen LogP contribution in [-0.2, 0) is 14.8 Å². The summed E-state index contributed by atoms with van der Waals surface area (Å²) in [4.78, 5) is 10.4. The van der Waals surface area contributed by atoms with Crippen molar-refractivity contribution in [1.82, 2.24) is 4.31 Å². The highest BCUT2D eigenvalue weighted by Gasteiger charge is 2.31. The smallest absolute Gasteiger partial charge is 0.236 e. The molecule has 0 spiro atoms. The minimum absolute atomic E-state index is 0.428. The molecule has 1 fully saturated rings. The Morgan fingerprint density at radius 1 is 1.50 bits per heavy atom. The minimum Gasteiger partial charge on any atom is -0.302 e. The summed E-state index contributed by atoms with van der Waals surface area (Å²) < 4.78 is 23.6. The lowest BCUT2D eigenvalue weighted by Gasteiger charge is -2.16. The number of rotatable bonds is 3. The Bertz CT molecular complexity index is 283. The van der Waals surface area contributed by atoms with Crippen LogP contribution in [0.1, 0.15) is 12.8 Å². The molecular weight excluding hydrogens is 178 g/mol. The van der Waals surface area contributed by atoms with E-state index < -0.39 is 16.1 Å². The van der Waals surface area contributed by atoms with Crippen LogP contribution in [-0.4, -0.2) is 31.6 Å². The fourth-order valence-corrected chi connectivity index (χ4v) is 2.42. The Labute approximate surface area is 71.9 Å². The standard InChI is InChI=1S/C7H11NO3S/c1-2-12(10,11)8-5-3-4-7(8)6-9/h2,6-7H,1,3-5H2/t7-/m0/s1. The Morgan fingerprint density at radius 3 is 2.67 bits per heavy atom. The molecule has 1 rings (SSSR count). The van der Waals surface area contributed by atoms with Gasteiger partial charge in [-0.1, -0.05) is 6.58 Å². The zero-order valence-electron chi connectivity index (χ0n) is 6.64. The number of carbonyl (C=O) groups is 1. The highest BCUT2D eigenvalue weighted by molar-refractivity contribution is 7.92. The molecule has 1 heterocycles. The van der Waals surface area contributed by atoms with Crippen LogP contribution >= 0.6 is 0 Å². The van der Waals surface area contributed by atoms with Crippen molar-refractivity contribution in [1.29, 1.82) is 0 Å². The third kappa shape index (κ3) is 1.56. The number of hydrogen-bond donors (Lipinski definition) is 0.